The number of hydrogen-bond donors (Lipinski definition) is 1. The third-order valence-electron chi connectivity index (χ3n) is 3.95. The first kappa shape index (κ1) is 16.1. The molecule has 1 atom stereocenters. The minimum Gasteiger partial charge on any atom is -0.493 e. The number of ether oxygens (including phenoxy) is 2. The Morgan fingerprint density at radius 1 is 1.11 bits per heavy atom. The summed E-state index contributed by atoms with van der Waals surface area (Å²) in [4.78, 5) is 0. The van der Waals surface area contributed by atoms with Gasteiger partial charge in [-0.15, -0.1) is 12.4 Å². The van der Waals surface area contributed by atoms with Crippen molar-refractivity contribution in [2.45, 2.75) is 38.1 Å². The first-order chi connectivity index (χ1) is 8.77. The van der Waals surface area contributed by atoms with Crippen LogP contribution in [0.2, 0.25) is 0 Å². The zero-order valence-corrected chi connectivity index (χ0v) is 12.5. The molecule has 1 aromatic carbocycles. The van der Waals surface area contributed by atoms with Gasteiger partial charge < -0.3 is 15.2 Å². The highest BCUT2D eigenvalue weighted by Crippen LogP contribution is 2.40. The fourth-order valence-electron chi connectivity index (χ4n) is 2.92. The van der Waals surface area contributed by atoms with Crippen molar-refractivity contribution in [3.63, 3.8) is 0 Å². The van der Waals surface area contributed by atoms with E-state index in [1.54, 1.807) is 14.2 Å². The maximum Gasteiger partial charge on any atom is 0.165 e. The molecule has 1 aliphatic rings. The molecule has 1 fully saturated rings. The lowest BCUT2D eigenvalue weighted by atomic mass is 9.81. The van der Waals surface area contributed by atoms with Gasteiger partial charge >= 0.3 is 0 Å². The molecule has 2 rings (SSSR count). The molecule has 0 unspecified atom stereocenters. The first-order valence-corrected chi connectivity index (χ1v) is 6.74. The highest BCUT2D eigenvalue weighted by molar-refractivity contribution is 5.85. The van der Waals surface area contributed by atoms with Crippen LogP contribution in [0, 0.1) is 5.92 Å². The van der Waals surface area contributed by atoms with Crippen LogP contribution < -0.4 is 15.2 Å². The van der Waals surface area contributed by atoms with Crippen molar-refractivity contribution in [2.75, 3.05) is 14.2 Å². The topological polar surface area (TPSA) is 44.5 Å². The summed E-state index contributed by atoms with van der Waals surface area (Å²) in [7, 11) is 3.34. The summed E-state index contributed by atoms with van der Waals surface area (Å²) >= 11 is 0. The van der Waals surface area contributed by atoms with E-state index >= 15 is 0 Å². The molecule has 1 aliphatic carbocycles. The quantitative estimate of drug-likeness (QED) is 0.917. The van der Waals surface area contributed by atoms with Crippen molar-refractivity contribution < 1.29 is 9.47 Å². The molecule has 0 saturated heterocycles. The van der Waals surface area contributed by atoms with Crippen molar-refractivity contribution in [1.29, 1.82) is 0 Å². The van der Waals surface area contributed by atoms with Crippen LogP contribution in [0.25, 0.3) is 0 Å². The molecular weight excluding hydrogens is 262 g/mol. The maximum absolute atomic E-state index is 6.43. The molecule has 0 spiro atoms. The Hall–Kier alpha value is -0.930. The summed E-state index contributed by atoms with van der Waals surface area (Å²) in [6, 6.07) is 6.01. The molecule has 19 heavy (non-hydrogen) atoms. The van der Waals surface area contributed by atoms with Crippen molar-refractivity contribution in [2.24, 2.45) is 11.7 Å². The van der Waals surface area contributed by atoms with Gasteiger partial charge in [-0.25, -0.2) is 0 Å². The van der Waals surface area contributed by atoms with Crippen LogP contribution in [-0.2, 0) is 0 Å². The summed E-state index contributed by atoms with van der Waals surface area (Å²) in [5.74, 6) is 2.12. The van der Waals surface area contributed by atoms with Crippen LogP contribution in [0.3, 0.4) is 0 Å². The van der Waals surface area contributed by atoms with Gasteiger partial charge in [0.2, 0.25) is 0 Å². The zero-order valence-electron chi connectivity index (χ0n) is 11.7. The minimum atomic E-state index is 0. The lowest BCUT2D eigenvalue weighted by Gasteiger charge is -2.29. The maximum atomic E-state index is 6.43. The first-order valence-electron chi connectivity index (χ1n) is 6.74. The third-order valence-corrected chi connectivity index (χ3v) is 3.95. The fraction of sp³-hybridized carbons (Fsp3) is 0.600. The smallest absolute Gasteiger partial charge is 0.165 e. The molecule has 0 radical (unpaired) electrons. The predicted octanol–water partition coefficient (Wildman–Crippen LogP) is 3.71. The molecule has 0 amide bonds. The SMILES string of the molecule is COc1cccc([C@@H](N)C2CCCCC2)c1OC.Cl. The predicted molar refractivity (Wildman–Crippen MR) is 80.3 cm³/mol. The van der Waals surface area contributed by atoms with E-state index in [9.17, 15) is 0 Å². The Kier molecular flexibility index (Phi) is 6.46. The van der Waals surface area contributed by atoms with E-state index in [4.69, 9.17) is 15.2 Å². The van der Waals surface area contributed by atoms with Crippen molar-refractivity contribution in [3.8, 4) is 11.5 Å². The minimum absolute atomic E-state index is 0. The van der Waals surface area contributed by atoms with Gasteiger partial charge in [0.25, 0.3) is 0 Å². The molecule has 0 bridgehead atoms. The Morgan fingerprint density at radius 3 is 2.37 bits per heavy atom. The van der Waals surface area contributed by atoms with Gasteiger partial charge in [-0.2, -0.15) is 0 Å². The molecule has 0 heterocycles. The summed E-state index contributed by atoms with van der Waals surface area (Å²) < 4.78 is 10.8. The zero-order chi connectivity index (χ0) is 13.0. The lowest BCUT2D eigenvalue weighted by Crippen LogP contribution is -2.24. The summed E-state index contributed by atoms with van der Waals surface area (Å²) in [6.45, 7) is 0. The summed E-state index contributed by atoms with van der Waals surface area (Å²) in [6.07, 6.45) is 6.39. The largest absolute Gasteiger partial charge is 0.493 e. The number of para-hydroxylation sites is 1. The summed E-state index contributed by atoms with van der Waals surface area (Å²) in [5, 5.41) is 0. The Bertz CT molecular complexity index is 392. The number of hydrogen-bond acceptors (Lipinski definition) is 3. The van der Waals surface area contributed by atoms with E-state index < -0.39 is 0 Å². The van der Waals surface area contributed by atoms with Crippen LogP contribution in [0.4, 0.5) is 0 Å². The van der Waals surface area contributed by atoms with E-state index in [1.807, 2.05) is 12.1 Å². The highest BCUT2D eigenvalue weighted by atomic mass is 35.5. The molecule has 1 aromatic rings. The Balaban J connectivity index is 0.00000180. The number of halogens is 1. The van der Waals surface area contributed by atoms with Gasteiger partial charge in [0, 0.05) is 11.6 Å². The van der Waals surface area contributed by atoms with E-state index in [-0.39, 0.29) is 18.4 Å². The van der Waals surface area contributed by atoms with Gasteiger partial charge in [-0.05, 0) is 24.8 Å². The van der Waals surface area contributed by atoms with Gasteiger partial charge in [0.05, 0.1) is 14.2 Å². The standard InChI is InChI=1S/C15H23NO2.ClH/c1-17-13-10-6-9-12(15(13)18-2)14(16)11-7-4-3-5-8-11;/h6,9-11,14H,3-5,7-8,16H2,1-2H3;1H/t14-;/m0./s1. The fourth-order valence-corrected chi connectivity index (χ4v) is 2.92. The Morgan fingerprint density at radius 2 is 1.79 bits per heavy atom. The van der Waals surface area contributed by atoms with Crippen molar-refractivity contribution >= 4 is 12.4 Å². The van der Waals surface area contributed by atoms with E-state index in [1.165, 1.54) is 32.1 Å². The highest BCUT2D eigenvalue weighted by Gasteiger charge is 2.25. The van der Waals surface area contributed by atoms with Crippen LogP contribution in [0.15, 0.2) is 18.2 Å². The van der Waals surface area contributed by atoms with Crippen LogP contribution in [0.5, 0.6) is 11.5 Å². The Labute approximate surface area is 121 Å². The molecular formula is C15H24ClNO2. The molecule has 108 valence electrons. The van der Waals surface area contributed by atoms with Gasteiger partial charge in [-0.3, -0.25) is 0 Å². The molecule has 2 N–H and O–H groups in total. The monoisotopic (exact) mass is 285 g/mol. The lowest BCUT2D eigenvalue weighted by molar-refractivity contribution is 0.296. The van der Waals surface area contributed by atoms with Gasteiger partial charge in [-0.1, -0.05) is 31.4 Å². The van der Waals surface area contributed by atoms with E-state index in [2.05, 4.69) is 6.07 Å². The third kappa shape index (κ3) is 3.54. The molecule has 1 saturated carbocycles. The van der Waals surface area contributed by atoms with E-state index in [0.29, 0.717) is 5.92 Å². The molecule has 0 aliphatic heterocycles. The normalized spacial score (nSPS) is 17.4. The van der Waals surface area contributed by atoms with Crippen molar-refractivity contribution in [1.82, 2.24) is 0 Å². The second-order valence-corrected chi connectivity index (χ2v) is 5.01. The van der Waals surface area contributed by atoms with Crippen molar-refractivity contribution in [3.05, 3.63) is 23.8 Å². The second-order valence-electron chi connectivity index (χ2n) is 5.01. The number of rotatable bonds is 4. The molecule has 0 aromatic heterocycles. The van der Waals surface area contributed by atoms with Crippen LogP contribution in [0.1, 0.15) is 43.7 Å². The molecule has 4 heteroatoms. The molecule has 3 nitrogen and oxygen atoms in total. The van der Waals surface area contributed by atoms with E-state index in [0.717, 1.165) is 17.1 Å². The number of methoxy groups -OCH3 is 2. The number of benzene rings is 1. The number of nitrogens with two attached hydrogens (primary N) is 1. The second kappa shape index (κ2) is 7.61. The van der Waals surface area contributed by atoms with Crippen LogP contribution in [-0.4, -0.2) is 14.2 Å². The average molecular weight is 286 g/mol. The average Bonchev–Trinajstić information content (AvgIpc) is 2.46. The van der Waals surface area contributed by atoms with Gasteiger partial charge in [0.1, 0.15) is 0 Å². The summed E-state index contributed by atoms with van der Waals surface area (Å²) in [5.41, 5.74) is 7.51. The van der Waals surface area contributed by atoms with Gasteiger partial charge in [0.15, 0.2) is 11.5 Å². The van der Waals surface area contributed by atoms with Crippen LogP contribution >= 0.6 is 12.4 Å².